The van der Waals surface area contributed by atoms with Gasteiger partial charge >= 0.3 is 0 Å². The highest BCUT2D eigenvalue weighted by Gasteiger charge is 2.29. The van der Waals surface area contributed by atoms with Crippen molar-refractivity contribution in [3.63, 3.8) is 0 Å². The van der Waals surface area contributed by atoms with Gasteiger partial charge in [-0.15, -0.1) is 0 Å². The van der Waals surface area contributed by atoms with Crippen LogP contribution in [0.5, 0.6) is 0 Å². The lowest BCUT2D eigenvalue weighted by atomic mass is 9.96. The summed E-state index contributed by atoms with van der Waals surface area (Å²) in [6, 6.07) is 9.24. The zero-order valence-corrected chi connectivity index (χ0v) is 13.1. The van der Waals surface area contributed by atoms with Crippen molar-refractivity contribution in [2.75, 3.05) is 18.4 Å². The fourth-order valence-electron chi connectivity index (χ4n) is 2.81. The van der Waals surface area contributed by atoms with Gasteiger partial charge in [0.05, 0.1) is 12.1 Å². The van der Waals surface area contributed by atoms with Crippen LogP contribution in [0.1, 0.15) is 28.8 Å². The molecule has 1 atom stereocenters. The van der Waals surface area contributed by atoms with Gasteiger partial charge in [-0.3, -0.25) is 14.7 Å². The smallest absolute Gasteiger partial charge is 0.253 e. The molecule has 120 valence electrons. The Balaban J connectivity index is 1.64. The van der Waals surface area contributed by atoms with E-state index in [1.165, 1.54) is 0 Å². The number of nitrogens with one attached hydrogen (secondary N) is 2. The number of likely N-dealkylation sites (tertiary alicyclic amines) is 1. The lowest BCUT2D eigenvalue weighted by Crippen LogP contribution is -2.43. The molecule has 1 fully saturated rings. The van der Waals surface area contributed by atoms with Crippen molar-refractivity contribution in [2.45, 2.75) is 19.8 Å². The van der Waals surface area contributed by atoms with Crippen molar-refractivity contribution in [3.05, 3.63) is 47.7 Å². The Morgan fingerprint density at radius 2 is 2.04 bits per heavy atom. The summed E-state index contributed by atoms with van der Waals surface area (Å²) >= 11 is 0. The summed E-state index contributed by atoms with van der Waals surface area (Å²) in [4.78, 5) is 26.7. The third kappa shape index (κ3) is 3.59. The Labute approximate surface area is 134 Å². The normalized spacial score (nSPS) is 17.8. The van der Waals surface area contributed by atoms with Gasteiger partial charge in [-0.1, -0.05) is 17.7 Å². The van der Waals surface area contributed by atoms with E-state index >= 15 is 0 Å². The number of hydrogen-bond acceptors (Lipinski definition) is 3. The number of anilines is 1. The van der Waals surface area contributed by atoms with Crippen LogP contribution >= 0.6 is 0 Å². The van der Waals surface area contributed by atoms with E-state index in [9.17, 15) is 9.59 Å². The second-order valence-electron chi connectivity index (χ2n) is 5.92. The Morgan fingerprint density at radius 3 is 2.74 bits per heavy atom. The minimum Gasteiger partial charge on any atom is -0.338 e. The predicted molar refractivity (Wildman–Crippen MR) is 87.0 cm³/mol. The molecule has 0 aliphatic carbocycles. The molecule has 2 N–H and O–H groups in total. The molecule has 0 unspecified atom stereocenters. The number of aryl methyl sites for hydroxylation is 1. The molecule has 23 heavy (non-hydrogen) atoms. The van der Waals surface area contributed by atoms with Crippen LogP contribution in [-0.2, 0) is 4.79 Å². The number of H-pyrrole nitrogens is 1. The van der Waals surface area contributed by atoms with Crippen molar-refractivity contribution in [3.8, 4) is 0 Å². The number of carbonyl (C=O) groups is 2. The van der Waals surface area contributed by atoms with Crippen molar-refractivity contribution >= 4 is 17.6 Å². The molecular formula is C17H20N4O2. The first kappa shape index (κ1) is 15.3. The summed E-state index contributed by atoms with van der Waals surface area (Å²) in [6.07, 6.45) is 3.21. The van der Waals surface area contributed by atoms with Gasteiger partial charge in [-0.2, -0.15) is 5.10 Å². The van der Waals surface area contributed by atoms with Gasteiger partial charge in [0.2, 0.25) is 5.91 Å². The fraction of sp³-hybridized carbons (Fsp3) is 0.353. The lowest BCUT2D eigenvalue weighted by Gasteiger charge is -2.32. The quantitative estimate of drug-likeness (QED) is 0.912. The highest BCUT2D eigenvalue weighted by molar-refractivity contribution is 5.96. The molecule has 6 nitrogen and oxygen atoms in total. The number of aromatic amines is 1. The SMILES string of the molecule is Cc1ccc(C(=O)N2CCC[C@@H](C(=O)Nc3ccn[nH]3)C2)cc1. The highest BCUT2D eigenvalue weighted by Crippen LogP contribution is 2.20. The van der Waals surface area contributed by atoms with Gasteiger partial charge in [0.25, 0.3) is 5.91 Å². The second kappa shape index (κ2) is 6.64. The fourth-order valence-corrected chi connectivity index (χ4v) is 2.81. The van der Waals surface area contributed by atoms with Crippen LogP contribution in [0.4, 0.5) is 5.82 Å². The third-order valence-corrected chi connectivity index (χ3v) is 4.14. The van der Waals surface area contributed by atoms with E-state index < -0.39 is 0 Å². The van der Waals surface area contributed by atoms with Gasteiger partial charge in [0.1, 0.15) is 5.82 Å². The van der Waals surface area contributed by atoms with Gasteiger partial charge < -0.3 is 10.2 Å². The van der Waals surface area contributed by atoms with Crippen molar-refractivity contribution in [1.82, 2.24) is 15.1 Å². The van der Waals surface area contributed by atoms with Crippen LogP contribution in [0.15, 0.2) is 36.5 Å². The van der Waals surface area contributed by atoms with Crippen LogP contribution in [0, 0.1) is 12.8 Å². The van der Waals surface area contributed by atoms with Crippen LogP contribution in [-0.4, -0.2) is 40.0 Å². The molecule has 0 saturated carbocycles. The number of rotatable bonds is 3. The van der Waals surface area contributed by atoms with Gasteiger partial charge in [-0.05, 0) is 31.9 Å². The van der Waals surface area contributed by atoms with Crippen LogP contribution in [0.2, 0.25) is 0 Å². The number of hydrogen-bond donors (Lipinski definition) is 2. The molecule has 1 saturated heterocycles. The molecule has 6 heteroatoms. The summed E-state index contributed by atoms with van der Waals surface area (Å²) in [5, 5.41) is 9.32. The third-order valence-electron chi connectivity index (χ3n) is 4.14. The first-order valence-electron chi connectivity index (χ1n) is 7.79. The number of amides is 2. The summed E-state index contributed by atoms with van der Waals surface area (Å²) in [6.45, 7) is 3.14. The van der Waals surface area contributed by atoms with E-state index in [1.54, 1.807) is 17.2 Å². The van der Waals surface area contributed by atoms with E-state index in [0.29, 0.717) is 24.5 Å². The monoisotopic (exact) mass is 312 g/mol. The molecule has 1 aliphatic heterocycles. The standard InChI is InChI=1S/C17H20N4O2/c1-12-4-6-13(7-5-12)17(23)21-10-2-3-14(11-21)16(22)19-15-8-9-18-20-15/h4-9,14H,2-3,10-11H2,1H3,(H2,18,19,20,22)/t14-/m1/s1. The molecular weight excluding hydrogens is 292 g/mol. The first-order valence-corrected chi connectivity index (χ1v) is 7.79. The number of carbonyl (C=O) groups excluding carboxylic acids is 2. The van der Waals surface area contributed by atoms with E-state index in [0.717, 1.165) is 18.4 Å². The molecule has 2 aromatic rings. The van der Waals surface area contributed by atoms with Crippen molar-refractivity contribution in [1.29, 1.82) is 0 Å². The van der Waals surface area contributed by atoms with E-state index in [2.05, 4.69) is 15.5 Å². The Kier molecular flexibility index (Phi) is 4.41. The molecule has 2 heterocycles. The highest BCUT2D eigenvalue weighted by atomic mass is 16.2. The number of benzene rings is 1. The summed E-state index contributed by atoms with van der Waals surface area (Å²) in [5.41, 5.74) is 1.79. The molecule has 1 aromatic heterocycles. The maximum atomic E-state index is 12.6. The number of aromatic nitrogens is 2. The Bertz CT molecular complexity index is 679. The topological polar surface area (TPSA) is 78.1 Å². The molecule has 1 aromatic carbocycles. The zero-order valence-electron chi connectivity index (χ0n) is 13.1. The minimum atomic E-state index is -0.193. The predicted octanol–water partition coefficient (Wildman–Crippen LogP) is 2.21. The molecule has 0 bridgehead atoms. The van der Waals surface area contributed by atoms with E-state index in [4.69, 9.17) is 0 Å². The average molecular weight is 312 g/mol. The van der Waals surface area contributed by atoms with Crippen molar-refractivity contribution < 1.29 is 9.59 Å². The molecule has 0 radical (unpaired) electrons. The summed E-state index contributed by atoms with van der Waals surface area (Å²) < 4.78 is 0. The minimum absolute atomic E-state index is 0.0101. The zero-order chi connectivity index (χ0) is 16.2. The number of nitrogens with zero attached hydrogens (tertiary/aromatic N) is 2. The Morgan fingerprint density at radius 1 is 1.26 bits per heavy atom. The Hall–Kier alpha value is -2.63. The maximum absolute atomic E-state index is 12.6. The largest absolute Gasteiger partial charge is 0.338 e. The lowest BCUT2D eigenvalue weighted by molar-refractivity contribution is -0.121. The average Bonchev–Trinajstić information content (AvgIpc) is 3.08. The molecule has 1 aliphatic rings. The number of piperidine rings is 1. The van der Waals surface area contributed by atoms with E-state index in [-0.39, 0.29) is 17.7 Å². The molecule has 0 spiro atoms. The second-order valence-corrected chi connectivity index (χ2v) is 5.92. The van der Waals surface area contributed by atoms with Gasteiger partial charge in [0.15, 0.2) is 0 Å². The van der Waals surface area contributed by atoms with Crippen molar-refractivity contribution in [2.24, 2.45) is 5.92 Å². The maximum Gasteiger partial charge on any atom is 0.253 e. The van der Waals surface area contributed by atoms with Gasteiger partial charge in [0, 0.05) is 24.7 Å². The summed E-state index contributed by atoms with van der Waals surface area (Å²) in [5.74, 6) is 0.304. The van der Waals surface area contributed by atoms with Gasteiger partial charge in [-0.25, -0.2) is 0 Å². The van der Waals surface area contributed by atoms with E-state index in [1.807, 2.05) is 31.2 Å². The molecule has 2 amide bonds. The molecule has 3 rings (SSSR count). The van der Waals surface area contributed by atoms with Crippen LogP contribution in [0.25, 0.3) is 0 Å². The van der Waals surface area contributed by atoms with Crippen LogP contribution < -0.4 is 5.32 Å². The summed E-state index contributed by atoms with van der Waals surface area (Å²) in [7, 11) is 0. The van der Waals surface area contributed by atoms with Crippen LogP contribution in [0.3, 0.4) is 0 Å². The first-order chi connectivity index (χ1) is 11.1.